The van der Waals surface area contributed by atoms with Gasteiger partial charge in [-0.05, 0) is 19.4 Å². The first-order chi connectivity index (χ1) is 20.9. The number of hydrogen-bond acceptors (Lipinski definition) is 12. The van der Waals surface area contributed by atoms with Crippen LogP contribution in [0.15, 0.2) is 0 Å². The lowest BCUT2D eigenvalue weighted by molar-refractivity contribution is 0.147. The number of aliphatic hydroxyl groups excluding tert-OH is 1. The quantitative estimate of drug-likeness (QED) is 0.0367. The van der Waals surface area contributed by atoms with Gasteiger partial charge in [-0.2, -0.15) is 0 Å². The Labute approximate surface area is 269 Å². The van der Waals surface area contributed by atoms with Crippen LogP contribution in [0.5, 0.6) is 0 Å². The predicted octanol–water partition coefficient (Wildman–Crippen LogP) is -3.78. The number of nitrogens with zero attached hydrogens (tertiary/aromatic N) is 3. The molecule has 0 aromatic heterocycles. The zero-order chi connectivity index (χ0) is 38.7. The summed E-state index contributed by atoms with van der Waals surface area (Å²) >= 11 is 0. The lowest BCUT2D eigenvalue weighted by Gasteiger charge is -2.40. The van der Waals surface area contributed by atoms with Crippen molar-refractivity contribution in [3.63, 3.8) is 0 Å². The standard InChI is InChI=1S/C12H37N3O25P8/c16-8-2-1-3-13(4-6-14(9(41(17,18)19)42(20,21)22)10(43(23,24)25)44(26,27)28)5-7-15(11(45(29,30)31)46(32,33)34)12(47(35,36)37)48(38,39)40/h9-12,16H,1-8H2,(H2,17,18,19)(H2,20,21,22)(H2,23,24,25)(H2,26,27,28)(H2,29,30,31)(H2,32,33,34)(H2,35,36,37)(H2,38,39,40). The number of aliphatic hydroxyl groups is 1. The second kappa shape index (κ2) is 17.5. The van der Waals surface area contributed by atoms with Gasteiger partial charge in [0.2, 0.25) is 22.1 Å². The molecule has 0 bridgehead atoms. The average Bonchev–Trinajstić information content (AvgIpc) is 2.72. The first kappa shape index (κ1) is 49.0. The molecule has 0 saturated carbocycles. The Hall–Kier alpha value is 1.04. The van der Waals surface area contributed by atoms with Gasteiger partial charge in [-0.15, -0.1) is 0 Å². The SMILES string of the molecule is O=P(O)(O)C(N(CCN(CCCCO)CCN(C(P(=O)(O)O)P(=O)(O)O)C(P(=O)(O)O)P(=O)(O)O)C(P(=O)(O)O)P(=O)(O)O)P(=O)(O)O. The summed E-state index contributed by atoms with van der Waals surface area (Å²) in [5, 5.41) is 9.09. The highest BCUT2D eigenvalue weighted by atomic mass is 31.3. The molecule has 0 aliphatic heterocycles. The van der Waals surface area contributed by atoms with Crippen molar-refractivity contribution in [3.8, 4) is 0 Å². The Morgan fingerprint density at radius 1 is 0.333 bits per heavy atom. The maximum absolute atomic E-state index is 12.1. The molecule has 0 aromatic rings. The van der Waals surface area contributed by atoms with Gasteiger partial charge in [0, 0.05) is 32.8 Å². The normalized spacial score (nSPS) is 15.3. The van der Waals surface area contributed by atoms with Crippen molar-refractivity contribution in [2.45, 2.75) is 34.9 Å². The monoisotopic (exact) mass is 871 g/mol. The highest BCUT2D eigenvalue weighted by Gasteiger charge is 2.60. The van der Waals surface area contributed by atoms with E-state index in [1.54, 1.807) is 0 Å². The second-order valence-corrected chi connectivity index (χ2v) is 24.8. The molecule has 0 atom stereocenters. The molecule has 0 spiro atoms. The summed E-state index contributed by atoms with van der Waals surface area (Å²) in [6.07, 6.45) is -0.329. The summed E-state index contributed by atoms with van der Waals surface area (Å²) in [5.41, 5.74) is -14.6. The topological polar surface area (TPSA) is 490 Å². The Balaban J connectivity index is 7.31. The van der Waals surface area contributed by atoms with Crippen LogP contribution in [0.25, 0.3) is 0 Å². The molecular formula is C12H37N3O25P8. The van der Waals surface area contributed by atoms with Gasteiger partial charge in [-0.3, -0.25) is 46.3 Å². The van der Waals surface area contributed by atoms with E-state index in [9.17, 15) is 115 Å². The molecule has 36 heteroatoms. The van der Waals surface area contributed by atoms with Gasteiger partial charge in [0.1, 0.15) is 0 Å². The molecule has 0 unspecified atom stereocenters. The fourth-order valence-corrected chi connectivity index (χ4v) is 16.5. The highest BCUT2D eigenvalue weighted by molar-refractivity contribution is 7.73. The molecule has 0 radical (unpaired) electrons. The van der Waals surface area contributed by atoms with Gasteiger partial charge >= 0.3 is 60.8 Å². The average molecular weight is 871 g/mol. The minimum atomic E-state index is -6.29. The van der Waals surface area contributed by atoms with Crippen LogP contribution in [0.1, 0.15) is 12.8 Å². The Morgan fingerprint density at radius 3 is 0.708 bits per heavy atom. The predicted molar refractivity (Wildman–Crippen MR) is 158 cm³/mol. The zero-order valence-corrected chi connectivity index (χ0v) is 30.9. The van der Waals surface area contributed by atoms with Gasteiger partial charge < -0.3 is 88.3 Å². The molecule has 0 amide bonds. The van der Waals surface area contributed by atoms with Crippen LogP contribution in [-0.2, 0) is 36.5 Å². The molecule has 0 aromatic carbocycles. The maximum Gasteiger partial charge on any atom is 0.355 e. The van der Waals surface area contributed by atoms with Crippen LogP contribution >= 0.6 is 60.8 Å². The Morgan fingerprint density at radius 2 is 0.542 bits per heavy atom. The van der Waals surface area contributed by atoms with Gasteiger partial charge in [0.25, 0.3) is 0 Å². The van der Waals surface area contributed by atoms with E-state index < -0.39 is 132 Å². The van der Waals surface area contributed by atoms with Crippen molar-refractivity contribution < 1.29 is 120 Å². The Kier molecular flexibility index (Phi) is 17.8. The van der Waals surface area contributed by atoms with E-state index in [4.69, 9.17) is 5.11 Å². The van der Waals surface area contributed by atoms with E-state index in [-0.39, 0.29) is 12.8 Å². The van der Waals surface area contributed by atoms with E-state index in [0.717, 1.165) is 4.90 Å². The summed E-state index contributed by atoms with van der Waals surface area (Å²) < 4.78 is 96.7. The number of unbranched alkanes of at least 4 members (excludes halogenated alkanes) is 1. The van der Waals surface area contributed by atoms with Crippen LogP contribution < -0.4 is 0 Å². The van der Waals surface area contributed by atoms with Crippen molar-refractivity contribution >= 4 is 60.8 Å². The molecule has 0 rings (SSSR count). The first-order valence-electron chi connectivity index (χ1n) is 12.2. The van der Waals surface area contributed by atoms with Crippen molar-refractivity contribution in [2.24, 2.45) is 0 Å². The van der Waals surface area contributed by atoms with Crippen LogP contribution in [0.3, 0.4) is 0 Å². The van der Waals surface area contributed by atoms with Crippen molar-refractivity contribution in [1.82, 2.24) is 14.7 Å². The van der Waals surface area contributed by atoms with Crippen LogP contribution in [0, 0.1) is 0 Å². The van der Waals surface area contributed by atoms with Gasteiger partial charge in [-0.1, -0.05) is 0 Å². The molecule has 28 nitrogen and oxygen atoms in total. The molecule has 290 valence electrons. The van der Waals surface area contributed by atoms with E-state index in [0.29, 0.717) is 0 Å². The van der Waals surface area contributed by atoms with Gasteiger partial charge in [0.05, 0.1) is 0 Å². The maximum atomic E-state index is 12.1. The second-order valence-electron chi connectivity index (χ2n) is 9.85. The highest BCUT2D eigenvalue weighted by Crippen LogP contribution is 2.70. The molecule has 17 N–H and O–H groups in total. The molecule has 0 saturated heterocycles. The third-order valence-corrected chi connectivity index (χ3v) is 20.2. The van der Waals surface area contributed by atoms with Crippen molar-refractivity contribution in [3.05, 3.63) is 0 Å². The third kappa shape index (κ3) is 15.6. The summed E-state index contributed by atoms with van der Waals surface area (Å²) in [6, 6.07) is 0. The number of hydrogen-bond donors (Lipinski definition) is 17. The van der Waals surface area contributed by atoms with Crippen molar-refractivity contribution in [1.29, 1.82) is 0 Å². The molecular weight excluding hydrogens is 834 g/mol. The minimum absolute atomic E-state index is 0.133. The van der Waals surface area contributed by atoms with E-state index in [1.165, 1.54) is 0 Å². The van der Waals surface area contributed by atoms with E-state index >= 15 is 0 Å². The smallest absolute Gasteiger partial charge is 0.355 e. The third-order valence-electron chi connectivity index (χ3n) is 5.82. The number of rotatable bonds is 22. The minimum Gasteiger partial charge on any atom is -0.396 e. The largest absolute Gasteiger partial charge is 0.396 e. The lowest BCUT2D eigenvalue weighted by Crippen LogP contribution is -2.49. The van der Waals surface area contributed by atoms with E-state index in [2.05, 4.69) is 0 Å². The summed E-state index contributed by atoms with van der Waals surface area (Å²) in [7, 11) is -50.4. The molecule has 0 aliphatic rings. The van der Waals surface area contributed by atoms with Gasteiger partial charge in [0.15, 0.2) is 0 Å². The van der Waals surface area contributed by atoms with Crippen LogP contribution in [0.4, 0.5) is 0 Å². The molecule has 48 heavy (non-hydrogen) atoms. The van der Waals surface area contributed by atoms with E-state index in [1.807, 2.05) is 0 Å². The zero-order valence-electron chi connectivity index (χ0n) is 23.8. The summed E-state index contributed by atoms with van der Waals surface area (Å²) in [5.74, 6) is 0. The Bertz CT molecular complexity index is 1170. The fraction of sp³-hybridized carbons (Fsp3) is 1.00. The summed E-state index contributed by atoms with van der Waals surface area (Å²) in [4.78, 5) is 154. The van der Waals surface area contributed by atoms with Crippen molar-refractivity contribution in [2.75, 3.05) is 39.3 Å². The fourth-order valence-electron chi connectivity index (χ4n) is 4.33. The van der Waals surface area contributed by atoms with Gasteiger partial charge in [-0.25, -0.2) is 0 Å². The van der Waals surface area contributed by atoms with Crippen LogP contribution in [-0.4, -0.2) is 160 Å². The lowest BCUT2D eigenvalue weighted by atomic mass is 10.3. The first-order valence-corrected chi connectivity index (χ1v) is 25.6. The molecule has 0 aliphatic carbocycles. The van der Waals surface area contributed by atoms with Crippen LogP contribution in [0.2, 0.25) is 0 Å². The summed E-state index contributed by atoms with van der Waals surface area (Å²) in [6.45, 7) is -6.38. The molecule has 0 fully saturated rings. The molecule has 0 heterocycles.